The predicted octanol–water partition coefficient (Wildman–Crippen LogP) is 2.58. The Balaban J connectivity index is 2.06. The molecule has 1 aromatic heterocycles. The van der Waals surface area contributed by atoms with Crippen LogP contribution in [0, 0.1) is 0 Å². The third kappa shape index (κ3) is 1.48. The summed E-state index contributed by atoms with van der Waals surface area (Å²) in [5.41, 5.74) is 3.77. The molecular weight excluding hydrogens is 200 g/mol. The second-order valence-corrected chi connectivity index (χ2v) is 4.33. The number of aryl methyl sites for hydroxylation is 1. The van der Waals surface area contributed by atoms with Crippen LogP contribution < -0.4 is 0 Å². The average molecular weight is 214 g/mol. The van der Waals surface area contributed by atoms with Gasteiger partial charge in [-0.2, -0.15) is 0 Å². The molecule has 0 aliphatic heterocycles. The van der Waals surface area contributed by atoms with E-state index in [1.54, 1.807) is 12.4 Å². The van der Waals surface area contributed by atoms with Crippen LogP contribution >= 0.6 is 0 Å². The van der Waals surface area contributed by atoms with Gasteiger partial charge >= 0.3 is 0 Å². The first-order valence-corrected chi connectivity index (χ1v) is 5.64. The molecule has 16 heavy (non-hydrogen) atoms. The molecule has 0 spiro atoms. The smallest absolute Gasteiger partial charge is 0.115 e. The van der Waals surface area contributed by atoms with Crippen LogP contribution in [0.5, 0.6) is 5.75 Å². The highest BCUT2D eigenvalue weighted by atomic mass is 16.3. The zero-order valence-corrected chi connectivity index (χ0v) is 8.98. The SMILES string of the molecule is Oc1ccc2c(c1)CCCC2c1cnc[nH]1. The number of nitrogens with one attached hydrogen (secondary N) is 1. The van der Waals surface area contributed by atoms with Gasteiger partial charge in [-0.25, -0.2) is 4.98 Å². The van der Waals surface area contributed by atoms with Crippen LogP contribution in [0.15, 0.2) is 30.7 Å². The number of imidazole rings is 1. The van der Waals surface area contributed by atoms with E-state index in [9.17, 15) is 5.11 Å². The lowest BCUT2D eigenvalue weighted by molar-refractivity contribution is 0.472. The van der Waals surface area contributed by atoms with Gasteiger partial charge in [-0.1, -0.05) is 6.07 Å². The minimum absolute atomic E-state index is 0.365. The summed E-state index contributed by atoms with van der Waals surface area (Å²) in [5.74, 6) is 0.774. The summed E-state index contributed by atoms with van der Waals surface area (Å²) >= 11 is 0. The van der Waals surface area contributed by atoms with Crippen molar-refractivity contribution in [2.24, 2.45) is 0 Å². The Morgan fingerprint density at radius 2 is 2.31 bits per heavy atom. The van der Waals surface area contributed by atoms with Gasteiger partial charge in [-0.15, -0.1) is 0 Å². The highest BCUT2D eigenvalue weighted by Crippen LogP contribution is 2.36. The van der Waals surface area contributed by atoms with E-state index >= 15 is 0 Å². The standard InChI is InChI=1S/C13H14N2O/c16-10-4-5-11-9(6-10)2-1-3-12(11)13-7-14-8-15-13/h4-8,12,16H,1-3H2,(H,14,15). The van der Waals surface area contributed by atoms with Crippen molar-refractivity contribution in [2.75, 3.05) is 0 Å². The Morgan fingerprint density at radius 1 is 1.38 bits per heavy atom. The first-order chi connectivity index (χ1) is 7.84. The van der Waals surface area contributed by atoms with E-state index in [1.165, 1.54) is 23.2 Å². The number of hydrogen-bond donors (Lipinski definition) is 2. The van der Waals surface area contributed by atoms with Gasteiger partial charge in [-0.3, -0.25) is 0 Å². The van der Waals surface area contributed by atoms with E-state index < -0.39 is 0 Å². The van der Waals surface area contributed by atoms with E-state index in [1.807, 2.05) is 18.3 Å². The summed E-state index contributed by atoms with van der Waals surface area (Å²) < 4.78 is 0. The van der Waals surface area contributed by atoms with Crippen molar-refractivity contribution >= 4 is 0 Å². The molecule has 1 aromatic carbocycles. The van der Waals surface area contributed by atoms with Crippen molar-refractivity contribution < 1.29 is 5.11 Å². The van der Waals surface area contributed by atoms with E-state index in [0.717, 1.165) is 12.8 Å². The molecule has 82 valence electrons. The Bertz CT molecular complexity index is 491. The Morgan fingerprint density at radius 3 is 3.12 bits per heavy atom. The largest absolute Gasteiger partial charge is 0.508 e. The molecule has 0 fully saturated rings. The zero-order valence-electron chi connectivity index (χ0n) is 8.98. The minimum atomic E-state index is 0.365. The molecule has 1 aliphatic rings. The number of rotatable bonds is 1. The lowest BCUT2D eigenvalue weighted by atomic mass is 9.81. The van der Waals surface area contributed by atoms with Gasteiger partial charge in [0.15, 0.2) is 0 Å². The Kier molecular flexibility index (Phi) is 2.17. The maximum atomic E-state index is 9.48. The number of phenols is 1. The number of H-pyrrole nitrogens is 1. The first kappa shape index (κ1) is 9.46. The summed E-state index contributed by atoms with van der Waals surface area (Å²) in [4.78, 5) is 7.27. The minimum Gasteiger partial charge on any atom is -0.508 e. The van der Waals surface area contributed by atoms with Gasteiger partial charge in [0.2, 0.25) is 0 Å². The lowest BCUT2D eigenvalue weighted by Crippen LogP contribution is -2.11. The monoisotopic (exact) mass is 214 g/mol. The molecule has 1 aliphatic carbocycles. The summed E-state index contributed by atoms with van der Waals surface area (Å²) in [5, 5.41) is 9.48. The summed E-state index contributed by atoms with van der Waals surface area (Å²) in [6.45, 7) is 0. The third-order valence-corrected chi connectivity index (χ3v) is 3.34. The summed E-state index contributed by atoms with van der Waals surface area (Å²) in [6.07, 6.45) is 7.01. The average Bonchev–Trinajstić information content (AvgIpc) is 2.81. The molecule has 0 saturated carbocycles. The fraction of sp³-hybridized carbons (Fsp3) is 0.308. The van der Waals surface area contributed by atoms with E-state index in [0.29, 0.717) is 11.7 Å². The van der Waals surface area contributed by atoms with Gasteiger partial charge in [0.05, 0.1) is 6.33 Å². The van der Waals surface area contributed by atoms with E-state index in [-0.39, 0.29) is 0 Å². The number of aromatic amines is 1. The van der Waals surface area contributed by atoms with Gasteiger partial charge < -0.3 is 10.1 Å². The molecular formula is C13H14N2O. The van der Waals surface area contributed by atoms with Crippen molar-refractivity contribution in [3.8, 4) is 5.75 Å². The van der Waals surface area contributed by atoms with Crippen LogP contribution in [0.2, 0.25) is 0 Å². The quantitative estimate of drug-likeness (QED) is 0.766. The number of benzene rings is 1. The molecule has 2 N–H and O–H groups in total. The van der Waals surface area contributed by atoms with Crippen molar-refractivity contribution in [1.82, 2.24) is 9.97 Å². The molecule has 1 heterocycles. The van der Waals surface area contributed by atoms with E-state index in [2.05, 4.69) is 9.97 Å². The number of aromatic hydroxyl groups is 1. The molecule has 0 radical (unpaired) electrons. The fourth-order valence-electron chi connectivity index (χ4n) is 2.58. The molecule has 0 bridgehead atoms. The lowest BCUT2D eigenvalue weighted by Gasteiger charge is -2.24. The number of phenolic OH excluding ortho intramolecular Hbond substituents is 1. The maximum Gasteiger partial charge on any atom is 0.115 e. The zero-order chi connectivity index (χ0) is 11.0. The number of fused-ring (bicyclic) bond motifs is 1. The van der Waals surface area contributed by atoms with Gasteiger partial charge in [0.1, 0.15) is 5.75 Å². The van der Waals surface area contributed by atoms with Gasteiger partial charge in [-0.05, 0) is 42.5 Å². The maximum absolute atomic E-state index is 9.48. The molecule has 3 rings (SSSR count). The second-order valence-electron chi connectivity index (χ2n) is 4.33. The fourth-order valence-corrected chi connectivity index (χ4v) is 2.58. The highest BCUT2D eigenvalue weighted by Gasteiger charge is 2.22. The molecule has 1 atom stereocenters. The molecule has 1 unspecified atom stereocenters. The number of aromatic nitrogens is 2. The third-order valence-electron chi connectivity index (χ3n) is 3.34. The number of nitrogens with zero attached hydrogens (tertiary/aromatic N) is 1. The molecule has 0 amide bonds. The van der Waals surface area contributed by atoms with Crippen LogP contribution in [0.1, 0.15) is 35.6 Å². The van der Waals surface area contributed by atoms with Crippen LogP contribution in [-0.4, -0.2) is 15.1 Å². The second kappa shape index (κ2) is 3.67. The van der Waals surface area contributed by atoms with Crippen molar-refractivity contribution in [2.45, 2.75) is 25.2 Å². The summed E-state index contributed by atoms with van der Waals surface area (Å²) in [6, 6.07) is 5.70. The van der Waals surface area contributed by atoms with Crippen molar-refractivity contribution in [3.05, 3.63) is 47.5 Å². The predicted molar refractivity (Wildman–Crippen MR) is 61.5 cm³/mol. The van der Waals surface area contributed by atoms with Crippen LogP contribution in [-0.2, 0) is 6.42 Å². The van der Waals surface area contributed by atoms with E-state index in [4.69, 9.17) is 0 Å². The van der Waals surface area contributed by atoms with Crippen molar-refractivity contribution in [3.63, 3.8) is 0 Å². The highest BCUT2D eigenvalue weighted by molar-refractivity contribution is 5.41. The topological polar surface area (TPSA) is 48.9 Å². The molecule has 0 saturated heterocycles. The molecule has 2 aromatic rings. The molecule has 3 nitrogen and oxygen atoms in total. The number of hydrogen-bond acceptors (Lipinski definition) is 2. The Labute approximate surface area is 94.2 Å². The van der Waals surface area contributed by atoms with Gasteiger partial charge in [0, 0.05) is 17.8 Å². The molecule has 3 heteroatoms. The summed E-state index contributed by atoms with van der Waals surface area (Å²) in [7, 11) is 0. The first-order valence-electron chi connectivity index (χ1n) is 5.64. The van der Waals surface area contributed by atoms with Gasteiger partial charge in [0.25, 0.3) is 0 Å². The normalized spacial score (nSPS) is 19.4. The Hall–Kier alpha value is -1.77. The van der Waals surface area contributed by atoms with Crippen LogP contribution in [0.4, 0.5) is 0 Å². The van der Waals surface area contributed by atoms with Crippen LogP contribution in [0.3, 0.4) is 0 Å². The van der Waals surface area contributed by atoms with Crippen molar-refractivity contribution in [1.29, 1.82) is 0 Å². The van der Waals surface area contributed by atoms with Crippen LogP contribution in [0.25, 0.3) is 0 Å².